The number of nitrogens with one attached hydrogen (secondary N) is 1. The van der Waals surface area contributed by atoms with Gasteiger partial charge in [-0.15, -0.1) is 0 Å². The maximum atomic E-state index is 13.2. The number of hydrogen-bond donors (Lipinski definition) is 1. The fourth-order valence-electron chi connectivity index (χ4n) is 2.83. The van der Waals surface area contributed by atoms with Crippen molar-refractivity contribution in [3.8, 4) is 11.8 Å². The smallest absolute Gasteiger partial charge is 0.237 e. The second kappa shape index (κ2) is 8.31. The first kappa shape index (κ1) is 19.5. The van der Waals surface area contributed by atoms with Gasteiger partial charge in [0, 0.05) is 0 Å². The summed E-state index contributed by atoms with van der Waals surface area (Å²) < 4.78 is 14.8. The monoisotopic (exact) mass is 418 g/mol. The molecule has 0 aliphatic rings. The first-order valence-electron chi connectivity index (χ1n) is 8.98. The maximum absolute atomic E-state index is 13.2. The molecule has 0 aliphatic carbocycles. The van der Waals surface area contributed by atoms with Crippen molar-refractivity contribution in [3.63, 3.8) is 0 Å². The molecule has 0 saturated heterocycles. The van der Waals surface area contributed by atoms with Crippen molar-refractivity contribution in [2.24, 2.45) is 0 Å². The van der Waals surface area contributed by atoms with Crippen LogP contribution in [0, 0.1) is 17.1 Å². The molecule has 0 saturated carbocycles. The van der Waals surface area contributed by atoms with Gasteiger partial charge in [-0.1, -0.05) is 23.9 Å². The third-order valence-electron chi connectivity index (χ3n) is 4.36. The highest BCUT2D eigenvalue weighted by molar-refractivity contribution is 8.00. The molecule has 7 nitrogen and oxygen atoms in total. The Morgan fingerprint density at radius 3 is 2.73 bits per heavy atom. The lowest BCUT2D eigenvalue weighted by molar-refractivity contribution is -0.115. The number of benzene rings is 2. The number of amides is 1. The van der Waals surface area contributed by atoms with Crippen LogP contribution in [-0.2, 0) is 4.79 Å². The lowest BCUT2D eigenvalue weighted by atomic mass is 10.2. The summed E-state index contributed by atoms with van der Waals surface area (Å²) in [6, 6.07) is 14.8. The molecule has 0 aliphatic heterocycles. The van der Waals surface area contributed by atoms with E-state index in [0.29, 0.717) is 33.0 Å². The minimum absolute atomic E-state index is 0.250. The number of thioether (sulfide) groups is 1. The number of nitrogens with zero attached hydrogens (tertiary/aromatic N) is 5. The molecule has 2 heterocycles. The largest absolute Gasteiger partial charge is 0.324 e. The first-order chi connectivity index (χ1) is 14.6. The molecule has 30 heavy (non-hydrogen) atoms. The molecule has 0 radical (unpaired) electrons. The van der Waals surface area contributed by atoms with Gasteiger partial charge in [0.05, 0.1) is 33.8 Å². The summed E-state index contributed by atoms with van der Waals surface area (Å²) >= 11 is 1.27. The van der Waals surface area contributed by atoms with Crippen LogP contribution in [0.5, 0.6) is 0 Å². The van der Waals surface area contributed by atoms with Crippen molar-refractivity contribution in [3.05, 3.63) is 72.4 Å². The molecule has 2 aromatic carbocycles. The van der Waals surface area contributed by atoms with Gasteiger partial charge in [-0.3, -0.25) is 4.79 Å². The van der Waals surface area contributed by atoms with Gasteiger partial charge in [0.15, 0.2) is 5.65 Å². The van der Waals surface area contributed by atoms with E-state index in [2.05, 4.69) is 26.5 Å². The van der Waals surface area contributed by atoms with Crippen molar-refractivity contribution >= 4 is 34.4 Å². The van der Waals surface area contributed by atoms with Crippen LogP contribution in [0.3, 0.4) is 0 Å². The van der Waals surface area contributed by atoms with E-state index in [1.807, 2.05) is 0 Å². The third-order valence-corrected chi connectivity index (χ3v) is 5.48. The predicted octanol–water partition coefficient (Wildman–Crippen LogP) is 3.95. The quantitative estimate of drug-likeness (QED) is 0.389. The van der Waals surface area contributed by atoms with Crippen LogP contribution in [0.4, 0.5) is 10.1 Å². The standard InChI is InChI=1S/C21H15FN6OS/c1-13(20(29)27-18-5-3-2-4-14(18)10-23)30-21-17-11-26-28(19(17)24-12-25-21)16-8-6-15(22)7-9-16/h2-9,11-13H,1H3,(H,27,29). The molecule has 0 spiro atoms. The molecule has 1 unspecified atom stereocenters. The number of hydrogen-bond acceptors (Lipinski definition) is 6. The van der Waals surface area contributed by atoms with Gasteiger partial charge >= 0.3 is 0 Å². The van der Waals surface area contributed by atoms with Gasteiger partial charge < -0.3 is 5.32 Å². The van der Waals surface area contributed by atoms with E-state index in [4.69, 9.17) is 0 Å². The molecular weight excluding hydrogens is 403 g/mol. The Morgan fingerprint density at radius 2 is 1.97 bits per heavy atom. The number of para-hydroxylation sites is 1. The molecule has 1 N–H and O–H groups in total. The average molecular weight is 418 g/mol. The molecule has 4 rings (SSSR count). The molecule has 148 valence electrons. The second-order valence-electron chi connectivity index (χ2n) is 6.36. The van der Waals surface area contributed by atoms with Crippen LogP contribution in [-0.4, -0.2) is 30.9 Å². The van der Waals surface area contributed by atoms with Crippen LogP contribution >= 0.6 is 11.8 Å². The fraction of sp³-hybridized carbons (Fsp3) is 0.0952. The molecule has 1 atom stereocenters. The molecule has 9 heteroatoms. The summed E-state index contributed by atoms with van der Waals surface area (Å²) in [7, 11) is 0. The van der Waals surface area contributed by atoms with E-state index >= 15 is 0 Å². The number of carbonyl (C=O) groups is 1. The first-order valence-corrected chi connectivity index (χ1v) is 9.86. The van der Waals surface area contributed by atoms with Gasteiger partial charge in [-0.25, -0.2) is 19.0 Å². The summed E-state index contributed by atoms with van der Waals surface area (Å²) in [6.07, 6.45) is 3.03. The highest BCUT2D eigenvalue weighted by Gasteiger charge is 2.19. The van der Waals surface area contributed by atoms with Crippen molar-refractivity contribution in [2.45, 2.75) is 17.2 Å². The van der Waals surface area contributed by atoms with Crippen LogP contribution < -0.4 is 5.32 Å². The minimum Gasteiger partial charge on any atom is -0.324 e. The summed E-state index contributed by atoms with van der Waals surface area (Å²) in [5.41, 5.74) is 2.09. The van der Waals surface area contributed by atoms with E-state index in [1.165, 1.54) is 30.2 Å². The Bertz CT molecular complexity index is 1260. The SMILES string of the molecule is CC(Sc1ncnc2c1cnn2-c1ccc(F)cc1)C(=O)Nc1ccccc1C#N. The van der Waals surface area contributed by atoms with Crippen LogP contribution in [0.25, 0.3) is 16.7 Å². The number of fused-ring (bicyclic) bond motifs is 1. The molecule has 0 fully saturated rings. The zero-order valence-electron chi connectivity index (χ0n) is 15.8. The summed E-state index contributed by atoms with van der Waals surface area (Å²) in [4.78, 5) is 21.2. The van der Waals surface area contributed by atoms with Gasteiger partial charge in [-0.2, -0.15) is 10.4 Å². The molecule has 4 aromatic rings. The Kier molecular flexibility index (Phi) is 5.41. The van der Waals surface area contributed by atoms with Crippen LogP contribution in [0.2, 0.25) is 0 Å². The lowest BCUT2D eigenvalue weighted by Gasteiger charge is -2.12. The fourth-order valence-corrected chi connectivity index (χ4v) is 3.71. The van der Waals surface area contributed by atoms with E-state index in [0.717, 1.165) is 0 Å². The Balaban J connectivity index is 1.57. The van der Waals surface area contributed by atoms with E-state index in [9.17, 15) is 14.4 Å². The van der Waals surface area contributed by atoms with E-state index < -0.39 is 5.25 Å². The summed E-state index contributed by atoms with van der Waals surface area (Å²) in [6.45, 7) is 1.76. The normalized spacial score (nSPS) is 11.8. The zero-order valence-corrected chi connectivity index (χ0v) is 16.6. The minimum atomic E-state index is -0.482. The van der Waals surface area contributed by atoms with Crippen molar-refractivity contribution < 1.29 is 9.18 Å². The van der Waals surface area contributed by atoms with Crippen LogP contribution in [0.1, 0.15) is 12.5 Å². The van der Waals surface area contributed by atoms with Crippen molar-refractivity contribution in [2.75, 3.05) is 5.32 Å². The molecular formula is C21H15FN6OS. The number of carbonyl (C=O) groups excluding carboxylic acids is 1. The number of anilines is 1. The average Bonchev–Trinajstić information content (AvgIpc) is 3.20. The van der Waals surface area contributed by atoms with Gasteiger partial charge in [0.2, 0.25) is 5.91 Å². The van der Waals surface area contributed by atoms with Gasteiger partial charge in [0.25, 0.3) is 0 Å². The van der Waals surface area contributed by atoms with Crippen LogP contribution in [0.15, 0.2) is 66.1 Å². The topological polar surface area (TPSA) is 96.5 Å². The second-order valence-corrected chi connectivity index (χ2v) is 7.69. The Hall–Kier alpha value is -3.77. The van der Waals surface area contributed by atoms with E-state index in [1.54, 1.807) is 54.2 Å². The third kappa shape index (κ3) is 3.86. The highest BCUT2D eigenvalue weighted by Crippen LogP contribution is 2.29. The summed E-state index contributed by atoms with van der Waals surface area (Å²) in [5.74, 6) is -0.584. The maximum Gasteiger partial charge on any atom is 0.237 e. The molecule has 0 bridgehead atoms. The molecule has 2 aromatic heterocycles. The summed E-state index contributed by atoms with van der Waals surface area (Å²) in [5, 5.41) is 17.1. The number of aromatic nitrogens is 4. The molecule has 1 amide bonds. The number of nitriles is 1. The van der Waals surface area contributed by atoms with Gasteiger partial charge in [-0.05, 0) is 43.3 Å². The Labute approximate surface area is 175 Å². The van der Waals surface area contributed by atoms with E-state index in [-0.39, 0.29) is 11.7 Å². The predicted molar refractivity (Wildman–Crippen MR) is 112 cm³/mol. The zero-order chi connectivity index (χ0) is 21.1. The number of rotatable bonds is 5. The van der Waals surface area contributed by atoms with Crippen molar-refractivity contribution in [1.29, 1.82) is 5.26 Å². The number of halogens is 1. The Morgan fingerprint density at radius 1 is 1.20 bits per heavy atom. The van der Waals surface area contributed by atoms with Crippen molar-refractivity contribution in [1.82, 2.24) is 19.7 Å². The lowest BCUT2D eigenvalue weighted by Crippen LogP contribution is -2.23. The highest BCUT2D eigenvalue weighted by atomic mass is 32.2. The van der Waals surface area contributed by atoms with Gasteiger partial charge in [0.1, 0.15) is 23.2 Å².